The van der Waals surface area contributed by atoms with Crippen molar-refractivity contribution in [2.75, 3.05) is 23.8 Å². The number of carbonyl (C=O) groups is 2. The highest BCUT2D eigenvalue weighted by Crippen LogP contribution is 2.27. The van der Waals surface area contributed by atoms with E-state index in [1.165, 1.54) is 22.5 Å². The fourth-order valence-corrected chi connectivity index (χ4v) is 4.27. The van der Waals surface area contributed by atoms with Gasteiger partial charge in [0.25, 0.3) is 0 Å². The number of unbranched alkanes of at least 4 members (excludes halogenated alkanes) is 2. The Balaban J connectivity index is 1.79. The predicted molar refractivity (Wildman–Crippen MR) is 133 cm³/mol. The number of nitrogens with one attached hydrogen (secondary N) is 1. The largest absolute Gasteiger partial charge is 0.480 e. The van der Waals surface area contributed by atoms with Crippen molar-refractivity contribution in [2.24, 2.45) is 0 Å². The lowest BCUT2D eigenvalue weighted by Gasteiger charge is -2.21. The van der Waals surface area contributed by atoms with E-state index in [9.17, 15) is 29.7 Å². The monoisotopic (exact) mass is 526 g/mol. The van der Waals surface area contributed by atoms with Crippen LogP contribution in [0.5, 0.6) is 0 Å². The van der Waals surface area contributed by atoms with Gasteiger partial charge in [-0.2, -0.15) is 16.7 Å². The number of nitrogen functional groups attached to an aromatic ring is 1. The molecule has 0 bridgehead atoms. The highest BCUT2D eigenvalue weighted by molar-refractivity contribution is 7.99. The third kappa shape index (κ3) is 9.34. The van der Waals surface area contributed by atoms with Crippen LogP contribution < -0.4 is 16.7 Å². The second-order valence-electron chi connectivity index (χ2n) is 9.22. The van der Waals surface area contributed by atoms with Crippen LogP contribution >= 0.6 is 11.8 Å². The number of rotatable bonds is 10. The molecule has 1 saturated heterocycles. The number of amides is 1. The lowest BCUT2D eigenvalue weighted by Crippen LogP contribution is -2.45. The third-order valence-electron chi connectivity index (χ3n) is 5.01. The lowest BCUT2D eigenvalue weighted by atomic mass is 10.2. The van der Waals surface area contributed by atoms with E-state index in [2.05, 4.69) is 22.1 Å². The summed E-state index contributed by atoms with van der Waals surface area (Å²) in [5.41, 5.74) is 4.83. The Hall–Kier alpha value is -2.79. The Morgan fingerprint density at radius 3 is 2.75 bits per heavy atom. The molecule has 1 fully saturated rings. The van der Waals surface area contributed by atoms with Gasteiger partial charge in [-0.05, 0) is 39.4 Å². The molecule has 6 N–H and O–H groups in total. The molecule has 1 aromatic rings. The van der Waals surface area contributed by atoms with Crippen LogP contribution in [0.25, 0.3) is 0 Å². The van der Waals surface area contributed by atoms with E-state index in [4.69, 9.17) is 15.2 Å². The fraction of sp³-hybridized carbons (Fsp3) is 0.652. The molecule has 200 valence electrons. The number of ether oxygens (including phenoxy) is 2. The molecule has 1 aliphatic rings. The number of hydrogen-bond acceptors (Lipinski definition) is 10. The maximum absolute atomic E-state index is 12.2. The molecule has 0 saturated carbocycles. The molecule has 0 aromatic carbocycles. The maximum atomic E-state index is 12.2. The number of aliphatic hydroxyl groups excluding tert-OH is 2. The summed E-state index contributed by atoms with van der Waals surface area (Å²) in [6.07, 6.45) is 0.447. The minimum Gasteiger partial charge on any atom is -0.480 e. The molecule has 1 aromatic heterocycles. The van der Waals surface area contributed by atoms with Crippen molar-refractivity contribution in [3.8, 4) is 11.8 Å². The summed E-state index contributed by atoms with van der Waals surface area (Å²) in [6, 6.07) is -1.05. The molecule has 4 atom stereocenters. The molecular formula is C23H34N4O8S. The smallest absolute Gasteiger partial charge is 0.408 e. The van der Waals surface area contributed by atoms with Crippen LogP contribution in [0.15, 0.2) is 11.0 Å². The third-order valence-corrected chi connectivity index (χ3v) is 6.16. The number of aliphatic hydroxyl groups is 2. The van der Waals surface area contributed by atoms with Gasteiger partial charge in [0.2, 0.25) is 0 Å². The number of aliphatic carboxylic acids is 1. The molecule has 2 heterocycles. The Kier molecular flexibility index (Phi) is 11.0. The Labute approximate surface area is 213 Å². The number of carbonyl (C=O) groups excluding carboxylic acids is 1. The molecule has 12 nitrogen and oxygen atoms in total. The topological polar surface area (TPSA) is 186 Å². The predicted octanol–water partition coefficient (Wildman–Crippen LogP) is 0.699. The average Bonchev–Trinajstić information content (AvgIpc) is 3.14. The van der Waals surface area contributed by atoms with Crippen molar-refractivity contribution in [1.82, 2.24) is 14.9 Å². The average molecular weight is 527 g/mol. The highest BCUT2D eigenvalue weighted by Gasteiger charge is 2.35. The first-order valence-electron chi connectivity index (χ1n) is 11.5. The van der Waals surface area contributed by atoms with Gasteiger partial charge < -0.3 is 35.8 Å². The molecule has 1 unspecified atom stereocenters. The molecule has 36 heavy (non-hydrogen) atoms. The molecule has 0 spiro atoms. The van der Waals surface area contributed by atoms with E-state index in [1.807, 2.05) is 0 Å². The van der Waals surface area contributed by atoms with Gasteiger partial charge in [-0.3, -0.25) is 4.57 Å². The standard InChI is InChI=1S/C23H34N4O8S/c1-23(2,3)35-22(33)25-15(20(30)31)13-36-9-7-5-4-6-8-14-11-27(21(32)26-19(14)24)18-10-16(29)17(12-28)34-18/h11,15-18,28-29H,4-5,7,9-10,12-13H2,1-3H3,(H,25,33)(H,30,31)(H2,24,26,32)/t15?,16-,17-,18-/m1/s1. The first kappa shape index (κ1) is 29.4. The summed E-state index contributed by atoms with van der Waals surface area (Å²) in [5.74, 6) is 5.63. The quantitative estimate of drug-likeness (QED) is 0.213. The molecule has 13 heteroatoms. The van der Waals surface area contributed by atoms with Crippen LogP contribution in [0.2, 0.25) is 0 Å². The zero-order valence-electron chi connectivity index (χ0n) is 20.6. The number of carboxylic acid groups (broad SMARTS) is 1. The van der Waals surface area contributed by atoms with E-state index in [0.29, 0.717) is 17.7 Å². The zero-order chi connectivity index (χ0) is 26.9. The number of alkyl carbamates (subject to hydrolysis) is 1. The van der Waals surface area contributed by atoms with Gasteiger partial charge in [-0.1, -0.05) is 11.8 Å². The van der Waals surface area contributed by atoms with Gasteiger partial charge in [0, 0.05) is 24.8 Å². The number of hydrogen-bond donors (Lipinski definition) is 5. The second-order valence-corrected chi connectivity index (χ2v) is 10.4. The first-order chi connectivity index (χ1) is 16.9. The van der Waals surface area contributed by atoms with Gasteiger partial charge >= 0.3 is 17.8 Å². The molecule has 0 aliphatic carbocycles. The van der Waals surface area contributed by atoms with Crippen LogP contribution in [-0.4, -0.2) is 78.9 Å². The van der Waals surface area contributed by atoms with Gasteiger partial charge in [0.05, 0.1) is 18.3 Å². The van der Waals surface area contributed by atoms with E-state index in [0.717, 1.165) is 12.8 Å². The van der Waals surface area contributed by atoms with Crippen molar-refractivity contribution >= 4 is 29.6 Å². The molecule has 2 rings (SSSR count). The summed E-state index contributed by atoms with van der Waals surface area (Å²) in [5, 5.41) is 30.8. The number of anilines is 1. The lowest BCUT2D eigenvalue weighted by molar-refractivity contribution is -0.138. The summed E-state index contributed by atoms with van der Waals surface area (Å²) >= 11 is 1.41. The van der Waals surface area contributed by atoms with Crippen molar-refractivity contribution < 1.29 is 34.4 Å². The summed E-state index contributed by atoms with van der Waals surface area (Å²) in [7, 11) is 0. The van der Waals surface area contributed by atoms with E-state index in [-0.39, 0.29) is 24.6 Å². The Morgan fingerprint density at radius 2 is 2.14 bits per heavy atom. The Bertz CT molecular complexity index is 1030. The van der Waals surface area contributed by atoms with Crippen LogP contribution in [0.4, 0.5) is 10.6 Å². The second kappa shape index (κ2) is 13.5. The molecule has 1 amide bonds. The first-order valence-corrected chi connectivity index (χ1v) is 12.7. The number of nitrogens with zero attached hydrogens (tertiary/aromatic N) is 2. The van der Waals surface area contributed by atoms with Crippen LogP contribution in [0.3, 0.4) is 0 Å². The number of aromatic nitrogens is 2. The van der Waals surface area contributed by atoms with Crippen molar-refractivity contribution in [1.29, 1.82) is 0 Å². The zero-order valence-corrected chi connectivity index (χ0v) is 21.4. The number of nitrogens with two attached hydrogens (primary N) is 1. The summed E-state index contributed by atoms with van der Waals surface area (Å²) < 4.78 is 11.8. The minimum atomic E-state index is -1.13. The SMILES string of the molecule is CC(C)(C)OC(=O)NC(CSCCCCC#Cc1cn([C@H]2C[C@@H](O)[C@@H](CO)O2)c(=O)nc1N)C(=O)O. The Morgan fingerprint density at radius 1 is 1.42 bits per heavy atom. The van der Waals surface area contributed by atoms with Gasteiger partial charge in [-0.15, -0.1) is 0 Å². The van der Waals surface area contributed by atoms with Crippen LogP contribution in [0.1, 0.15) is 58.2 Å². The molecule has 0 radical (unpaired) electrons. The normalized spacial score (nSPS) is 20.3. The van der Waals surface area contributed by atoms with Gasteiger partial charge in [-0.25, -0.2) is 14.4 Å². The van der Waals surface area contributed by atoms with Crippen molar-refractivity contribution in [2.45, 2.75) is 76.5 Å². The fourth-order valence-electron chi connectivity index (χ4n) is 3.24. The van der Waals surface area contributed by atoms with Crippen LogP contribution in [-0.2, 0) is 14.3 Å². The van der Waals surface area contributed by atoms with Gasteiger partial charge in [0.1, 0.15) is 29.8 Å². The van der Waals surface area contributed by atoms with E-state index >= 15 is 0 Å². The van der Waals surface area contributed by atoms with E-state index in [1.54, 1.807) is 20.8 Å². The molecule has 1 aliphatic heterocycles. The van der Waals surface area contributed by atoms with Gasteiger partial charge in [0.15, 0.2) is 0 Å². The highest BCUT2D eigenvalue weighted by atomic mass is 32.2. The minimum absolute atomic E-state index is 0.00578. The summed E-state index contributed by atoms with van der Waals surface area (Å²) in [4.78, 5) is 39.1. The molecular weight excluding hydrogens is 492 g/mol. The number of thioether (sulfide) groups is 1. The van der Waals surface area contributed by atoms with Crippen molar-refractivity contribution in [3.63, 3.8) is 0 Å². The van der Waals surface area contributed by atoms with Crippen molar-refractivity contribution in [3.05, 3.63) is 22.2 Å². The van der Waals surface area contributed by atoms with E-state index < -0.39 is 47.8 Å². The summed E-state index contributed by atoms with van der Waals surface area (Å²) in [6.45, 7) is 4.73. The van der Waals surface area contributed by atoms with Crippen LogP contribution in [0, 0.1) is 11.8 Å². The maximum Gasteiger partial charge on any atom is 0.408 e. The number of carboxylic acids is 1.